The molecule has 2 aromatic carbocycles. The molecule has 0 radical (unpaired) electrons. The maximum Gasteiger partial charge on any atom is 0.316 e. The first-order valence-corrected chi connectivity index (χ1v) is 10.2. The number of nitrogens with zero attached hydrogens (tertiary/aromatic N) is 3. The van der Waals surface area contributed by atoms with Crippen LogP contribution in [0.25, 0.3) is 0 Å². The number of rotatable bonds is 4. The van der Waals surface area contributed by atoms with Gasteiger partial charge in [0, 0.05) is 31.9 Å². The van der Waals surface area contributed by atoms with Crippen LogP contribution >= 0.6 is 0 Å². The van der Waals surface area contributed by atoms with Crippen LogP contribution in [-0.2, 0) is 16.1 Å². The van der Waals surface area contributed by atoms with E-state index in [-0.39, 0.29) is 11.7 Å². The van der Waals surface area contributed by atoms with Crippen molar-refractivity contribution >= 4 is 23.4 Å². The van der Waals surface area contributed by atoms with Crippen LogP contribution in [0.4, 0.5) is 5.69 Å². The van der Waals surface area contributed by atoms with Gasteiger partial charge in [-0.15, -0.1) is 0 Å². The second kappa shape index (κ2) is 9.30. The quantitative estimate of drug-likeness (QED) is 0.612. The molecular formula is C24H23N3O4. The number of benzene rings is 2. The van der Waals surface area contributed by atoms with Gasteiger partial charge in [-0.25, -0.2) is 0 Å². The molecule has 158 valence electrons. The van der Waals surface area contributed by atoms with Gasteiger partial charge in [-0.3, -0.25) is 19.3 Å². The molecule has 7 nitrogen and oxygen atoms in total. The molecule has 1 aromatic heterocycles. The van der Waals surface area contributed by atoms with Crippen LogP contribution < -0.4 is 4.90 Å². The number of para-hydroxylation sites is 1. The molecule has 1 aliphatic heterocycles. The number of hydrogen-bond acceptors (Lipinski definition) is 4. The number of carbonyl (C=O) groups is 3. The zero-order valence-electron chi connectivity index (χ0n) is 17.0. The van der Waals surface area contributed by atoms with E-state index in [2.05, 4.69) is 0 Å². The van der Waals surface area contributed by atoms with Crippen molar-refractivity contribution in [2.24, 2.45) is 0 Å². The van der Waals surface area contributed by atoms with E-state index in [0.29, 0.717) is 38.4 Å². The Bertz CT molecular complexity index is 1030. The maximum atomic E-state index is 13.2. The largest absolute Gasteiger partial charge is 0.459 e. The van der Waals surface area contributed by atoms with E-state index in [1.807, 2.05) is 60.7 Å². The molecule has 0 spiro atoms. The predicted octanol–water partition coefficient (Wildman–Crippen LogP) is 2.80. The molecule has 7 heteroatoms. The molecule has 0 aliphatic carbocycles. The first-order chi connectivity index (χ1) is 15.1. The summed E-state index contributed by atoms with van der Waals surface area (Å²) in [7, 11) is 0. The third-order valence-electron chi connectivity index (χ3n) is 5.27. The summed E-state index contributed by atoms with van der Waals surface area (Å²) in [5, 5.41) is 0. The lowest BCUT2D eigenvalue weighted by atomic mass is 10.2. The highest BCUT2D eigenvalue weighted by atomic mass is 16.3. The lowest BCUT2D eigenvalue weighted by Crippen LogP contribution is -2.54. The highest BCUT2D eigenvalue weighted by molar-refractivity contribution is 6.40. The number of hydrogen-bond donors (Lipinski definition) is 0. The fourth-order valence-electron chi connectivity index (χ4n) is 3.57. The average Bonchev–Trinajstić information content (AvgIpc) is 3.37. The SMILES string of the molecule is O=C(C(=O)N(Cc1ccccc1)c1ccccc1)N1CCN(C(=O)c2ccco2)CC1. The van der Waals surface area contributed by atoms with Gasteiger partial charge >= 0.3 is 11.8 Å². The highest BCUT2D eigenvalue weighted by Crippen LogP contribution is 2.19. The standard InChI is InChI=1S/C24H23N3O4/c28-22(21-12-7-17-31-21)25-13-15-26(16-14-25)23(29)24(30)27(20-10-5-2-6-11-20)18-19-8-3-1-4-9-19/h1-12,17H,13-16,18H2. The molecule has 31 heavy (non-hydrogen) atoms. The van der Waals surface area contributed by atoms with E-state index in [1.165, 1.54) is 16.1 Å². The summed E-state index contributed by atoms with van der Waals surface area (Å²) in [5.74, 6) is -1.09. The van der Waals surface area contributed by atoms with Crippen molar-refractivity contribution in [3.63, 3.8) is 0 Å². The number of carbonyl (C=O) groups excluding carboxylic acids is 3. The molecule has 1 saturated heterocycles. The molecule has 0 atom stereocenters. The zero-order chi connectivity index (χ0) is 21.6. The lowest BCUT2D eigenvalue weighted by Gasteiger charge is -2.35. The molecule has 0 unspecified atom stereocenters. The van der Waals surface area contributed by atoms with Gasteiger partial charge in [0.25, 0.3) is 5.91 Å². The zero-order valence-corrected chi connectivity index (χ0v) is 17.0. The van der Waals surface area contributed by atoms with Gasteiger partial charge in [-0.05, 0) is 29.8 Å². The number of amides is 3. The normalized spacial score (nSPS) is 13.7. The van der Waals surface area contributed by atoms with Gasteiger partial charge in [0.2, 0.25) is 0 Å². The molecule has 1 fully saturated rings. The van der Waals surface area contributed by atoms with E-state index in [1.54, 1.807) is 17.0 Å². The molecule has 3 aromatic rings. The molecule has 4 rings (SSSR count). The van der Waals surface area contributed by atoms with Crippen molar-refractivity contribution in [2.45, 2.75) is 6.54 Å². The van der Waals surface area contributed by atoms with E-state index < -0.39 is 11.8 Å². The average molecular weight is 417 g/mol. The van der Waals surface area contributed by atoms with Crippen molar-refractivity contribution < 1.29 is 18.8 Å². The Hall–Kier alpha value is -3.87. The Morgan fingerprint density at radius 3 is 2.00 bits per heavy atom. The van der Waals surface area contributed by atoms with E-state index in [0.717, 1.165) is 5.56 Å². The van der Waals surface area contributed by atoms with Gasteiger partial charge in [0.15, 0.2) is 5.76 Å². The molecule has 3 amide bonds. The first kappa shape index (κ1) is 20.4. The van der Waals surface area contributed by atoms with Crippen molar-refractivity contribution in [1.82, 2.24) is 9.80 Å². The third kappa shape index (κ3) is 4.66. The maximum absolute atomic E-state index is 13.2. The fraction of sp³-hybridized carbons (Fsp3) is 0.208. The molecule has 1 aliphatic rings. The minimum atomic E-state index is -0.583. The van der Waals surface area contributed by atoms with Gasteiger partial charge in [0.1, 0.15) is 0 Å². The van der Waals surface area contributed by atoms with Gasteiger partial charge < -0.3 is 14.2 Å². The summed E-state index contributed by atoms with van der Waals surface area (Å²) >= 11 is 0. The number of anilines is 1. The van der Waals surface area contributed by atoms with Crippen molar-refractivity contribution in [3.8, 4) is 0 Å². The summed E-state index contributed by atoms with van der Waals surface area (Å²) in [6, 6.07) is 22.0. The van der Waals surface area contributed by atoms with Crippen molar-refractivity contribution in [3.05, 3.63) is 90.4 Å². The van der Waals surface area contributed by atoms with Crippen LogP contribution in [0, 0.1) is 0 Å². The summed E-state index contributed by atoms with van der Waals surface area (Å²) in [6.45, 7) is 1.59. The third-order valence-corrected chi connectivity index (χ3v) is 5.27. The van der Waals surface area contributed by atoms with Crippen LogP contribution in [0.3, 0.4) is 0 Å². The van der Waals surface area contributed by atoms with Crippen LogP contribution in [0.2, 0.25) is 0 Å². The Balaban J connectivity index is 1.45. The van der Waals surface area contributed by atoms with Crippen LogP contribution in [0.15, 0.2) is 83.5 Å². The van der Waals surface area contributed by atoms with Gasteiger partial charge in [-0.2, -0.15) is 0 Å². The Morgan fingerprint density at radius 2 is 1.39 bits per heavy atom. The lowest BCUT2D eigenvalue weighted by molar-refractivity contribution is -0.145. The monoisotopic (exact) mass is 417 g/mol. The van der Waals surface area contributed by atoms with E-state index in [4.69, 9.17) is 4.42 Å². The highest BCUT2D eigenvalue weighted by Gasteiger charge is 2.32. The Labute approximate surface area is 180 Å². The van der Waals surface area contributed by atoms with E-state index >= 15 is 0 Å². The molecule has 2 heterocycles. The minimum absolute atomic E-state index is 0.210. The number of furan rings is 1. The predicted molar refractivity (Wildman–Crippen MR) is 115 cm³/mol. The van der Waals surface area contributed by atoms with Gasteiger partial charge in [-0.1, -0.05) is 48.5 Å². The smallest absolute Gasteiger partial charge is 0.316 e. The summed E-state index contributed by atoms with van der Waals surface area (Å²) in [5.41, 5.74) is 1.60. The van der Waals surface area contributed by atoms with Crippen LogP contribution in [-0.4, -0.2) is 53.7 Å². The minimum Gasteiger partial charge on any atom is -0.459 e. The van der Waals surface area contributed by atoms with Crippen LogP contribution in [0.1, 0.15) is 16.1 Å². The molecule has 0 bridgehead atoms. The van der Waals surface area contributed by atoms with Crippen molar-refractivity contribution in [2.75, 3.05) is 31.1 Å². The second-order valence-corrected chi connectivity index (χ2v) is 7.27. The molecule has 0 saturated carbocycles. The summed E-state index contributed by atoms with van der Waals surface area (Å²) in [6.07, 6.45) is 1.45. The summed E-state index contributed by atoms with van der Waals surface area (Å²) in [4.78, 5) is 43.3. The van der Waals surface area contributed by atoms with E-state index in [9.17, 15) is 14.4 Å². The summed E-state index contributed by atoms with van der Waals surface area (Å²) < 4.78 is 5.17. The topological polar surface area (TPSA) is 74.1 Å². The Kier molecular flexibility index (Phi) is 6.12. The first-order valence-electron chi connectivity index (χ1n) is 10.2. The fourth-order valence-corrected chi connectivity index (χ4v) is 3.57. The second-order valence-electron chi connectivity index (χ2n) is 7.27. The van der Waals surface area contributed by atoms with Gasteiger partial charge in [0.05, 0.1) is 12.8 Å². The molecular weight excluding hydrogens is 394 g/mol. The Morgan fingerprint density at radius 1 is 0.774 bits per heavy atom. The molecule has 0 N–H and O–H groups in total. The number of piperazine rings is 1. The van der Waals surface area contributed by atoms with Crippen molar-refractivity contribution in [1.29, 1.82) is 0 Å². The van der Waals surface area contributed by atoms with Crippen LogP contribution in [0.5, 0.6) is 0 Å².